The van der Waals surface area contributed by atoms with Gasteiger partial charge in [-0.15, -0.1) is 0 Å². The third-order valence-electron chi connectivity index (χ3n) is 4.58. The van der Waals surface area contributed by atoms with E-state index >= 15 is 0 Å². The van der Waals surface area contributed by atoms with Crippen LogP contribution in [0.25, 0.3) is 6.08 Å². The fourth-order valence-electron chi connectivity index (χ4n) is 3.46. The monoisotopic (exact) mass is 409 g/mol. The van der Waals surface area contributed by atoms with E-state index in [4.69, 9.17) is 0 Å². The molecule has 1 aromatic rings. The van der Waals surface area contributed by atoms with Gasteiger partial charge in [0.05, 0.1) is 0 Å². The molecule has 0 fully saturated rings. The predicted molar refractivity (Wildman–Crippen MR) is 77.8 cm³/mol. The van der Waals surface area contributed by atoms with E-state index in [-0.39, 0.29) is 0 Å². The van der Waals surface area contributed by atoms with E-state index in [0.29, 0.717) is 8.59 Å². The second-order valence-corrected chi connectivity index (χ2v) is 16.9. The van der Waals surface area contributed by atoms with Crippen LogP contribution in [0.3, 0.4) is 0 Å². The van der Waals surface area contributed by atoms with E-state index in [1.54, 1.807) is 5.56 Å². The summed E-state index contributed by atoms with van der Waals surface area (Å²) in [5.41, 5.74) is 6.28. The van der Waals surface area contributed by atoms with Gasteiger partial charge in [-0.25, -0.2) is 0 Å². The molecule has 2 rings (SSSR count). The summed E-state index contributed by atoms with van der Waals surface area (Å²) in [6.45, 7) is 11.7. The van der Waals surface area contributed by atoms with Crippen LogP contribution in [0.5, 0.6) is 0 Å². The Hall–Kier alpha value is -0.170. The van der Waals surface area contributed by atoms with Gasteiger partial charge in [-0.1, -0.05) is 0 Å². The zero-order valence-corrected chi connectivity index (χ0v) is 16.4. The van der Waals surface area contributed by atoms with Gasteiger partial charge in [0.1, 0.15) is 0 Å². The van der Waals surface area contributed by atoms with Crippen molar-refractivity contribution in [1.82, 2.24) is 0 Å². The van der Waals surface area contributed by atoms with Crippen molar-refractivity contribution in [2.75, 3.05) is 0 Å². The minimum atomic E-state index is -1.62. The van der Waals surface area contributed by atoms with Gasteiger partial charge in [0.2, 0.25) is 0 Å². The van der Waals surface area contributed by atoms with Crippen LogP contribution in [0, 0.1) is 19.3 Å². The molecule has 1 aliphatic rings. The summed E-state index contributed by atoms with van der Waals surface area (Å²) < 4.78 is 5.50. The van der Waals surface area contributed by atoms with Crippen LogP contribution >= 0.6 is 0 Å². The molecule has 18 heavy (non-hydrogen) atoms. The van der Waals surface area contributed by atoms with Crippen LogP contribution in [0.2, 0.25) is 9.36 Å². The first-order chi connectivity index (χ1) is 8.20. The Labute approximate surface area is 120 Å². The molecule has 0 heterocycles. The summed E-state index contributed by atoms with van der Waals surface area (Å²) in [6, 6.07) is 4.84. The molecule has 1 heteroatoms. The molecule has 0 saturated carbocycles. The van der Waals surface area contributed by atoms with Crippen LogP contribution in [-0.2, 0) is 24.6 Å². The van der Waals surface area contributed by atoms with Crippen LogP contribution in [0.1, 0.15) is 43.0 Å². The van der Waals surface area contributed by atoms with Gasteiger partial charge in [-0.3, -0.25) is 0 Å². The van der Waals surface area contributed by atoms with Gasteiger partial charge in [0, 0.05) is 0 Å². The summed E-state index contributed by atoms with van der Waals surface area (Å²) in [6.07, 6.45) is 4.92. The Balaban J connectivity index is 2.72. The summed E-state index contributed by atoms with van der Waals surface area (Å²) >= 11 is -1.62. The fourth-order valence-corrected chi connectivity index (χ4v) is 13.1. The second kappa shape index (κ2) is 4.44. The molecule has 0 bridgehead atoms. The SMILES string of the molecule is Cc1cc2c(cc1C)[C]([Hf]([CH3])[CH3])(C(C)(C)C)C=C2. The molecule has 1 unspecified atom stereocenters. The summed E-state index contributed by atoms with van der Waals surface area (Å²) in [5.74, 6) is 0. The van der Waals surface area contributed by atoms with Crippen molar-refractivity contribution in [3.63, 3.8) is 0 Å². The van der Waals surface area contributed by atoms with Crippen molar-refractivity contribution in [3.8, 4) is 0 Å². The Kier molecular flexibility index (Phi) is 3.51. The van der Waals surface area contributed by atoms with E-state index in [1.807, 2.05) is 0 Å². The molecule has 0 N–H and O–H groups in total. The zero-order chi connectivity index (χ0) is 13.7. The van der Waals surface area contributed by atoms with Crippen LogP contribution < -0.4 is 0 Å². The molecule has 1 aliphatic carbocycles. The van der Waals surface area contributed by atoms with E-state index in [0.717, 1.165) is 0 Å². The number of rotatable bonds is 1. The van der Waals surface area contributed by atoms with Crippen LogP contribution in [-0.4, -0.2) is 0 Å². The van der Waals surface area contributed by atoms with E-state index < -0.39 is 21.4 Å². The number of fused-ring (bicyclic) bond motifs is 1. The number of allylic oxidation sites excluding steroid dienone is 1. The Bertz CT molecular complexity index is 503. The van der Waals surface area contributed by atoms with Crippen molar-refractivity contribution >= 4 is 6.08 Å². The van der Waals surface area contributed by atoms with Crippen molar-refractivity contribution in [2.45, 2.75) is 47.2 Å². The van der Waals surface area contributed by atoms with E-state index in [2.05, 4.69) is 68.3 Å². The Morgan fingerprint density at radius 3 is 2.06 bits per heavy atom. The van der Waals surface area contributed by atoms with Gasteiger partial charge in [0.15, 0.2) is 0 Å². The topological polar surface area (TPSA) is 0 Å². The number of hydrogen-bond acceptors (Lipinski definition) is 0. The molecule has 0 saturated heterocycles. The van der Waals surface area contributed by atoms with Crippen molar-refractivity contribution in [1.29, 1.82) is 0 Å². The molecule has 0 nitrogen and oxygen atoms in total. The first kappa shape index (κ1) is 14.2. The number of aryl methyl sites for hydroxylation is 2. The average Bonchev–Trinajstić information content (AvgIpc) is 2.57. The average molecular weight is 408 g/mol. The Morgan fingerprint density at radius 1 is 1.00 bits per heavy atom. The molecule has 97 valence electrons. The summed E-state index contributed by atoms with van der Waals surface area (Å²) in [4.78, 5) is 0. The molecular weight excluding hydrogens is 383 g/mol. The second-order valence-electron chi connectivity index (χ2n) is 6.92. The maximum atomic E-state index is 2.56. The third-order valence-corrected chi connectivity index (χ3v) is 14.5. The normalized spacial score (nSPS) is 22.2. The van der Waals surface area contributed by atoms with Crippen LogP contribution in [0.15, 0.2) is 18.2 Å². The molecule has 0 spiro atoms. The minimum absolute atomic E-state index is 0.335. The van der Waals surface area contributed by atoms with Gasteiger partial charge in [-0.2, -0.15) is 0 Å². The van der Waals surface area contributed by atoms with Gasteiger partial charge in [-0.05, 0) is 0 Å². The van der Waals surface area contributed by atoms with Gasteiger partial charge >= 0.3 is 121 Å². The van der Waals surface area contributed by atoms with E-state index in [1.165, 1.54) is 16.7 Å². The molecule has 0 radical (unpaired) electrons. The molecule has 1 atom stereocenters. The van der Waals surface area contributed by atoms with Gasteiger partial charge in [0.25, 0.3) is 0 Å². The Morgan fingerprint density at radius 2 is 1.56 bits per heavy atom. The molecular formula is C17H25Hf. The first-order valence-electron chi connectivity index (χ1n) is 6.82. The molecule has 0 amide bonds. The first-order valence-corrected chi connectivity index (χ1v) is 15.8. The quantitative estimate of drug-likeness (QED) is 0.555. The van der Waals surface area contributed by atoms with E-state index in [9.17, 15) is 0 Å². The zero-order valence-electron chi connectivity index (χ0n) is 12.8. The summed E-state index contributed by atoms with van der Waals surface area (Å²) in [5, 5.41) is 0. The number of hydrogen-bond donors (Lipinski definition) is 0. The standard InChI is InChI=1S/C15H19.2CH3.Hf/c1-10-8-12-6-7-14(15(3,4)5)13(12)9-11(10)2;;;/h6-9H,1-5H3;2*1H3;. The summed E-state index contributed by atoms with van der Waals surface area (Å²) in [7, 11) is 0. The maximum absolute atomic E-state index is 2.56. The van der Waals surface area contributed by atoms with Crippen molar-refractivity contribution in [3.05, 3.63) is 40.5 Å². The molecule has 0 aromatic heterocycles. The molecule has 0 aliphatic heterocycles. The predicted octanol–water partition coefficient (Wildman–Crippen LogP) is 5.29. The number of benzene rings is 1. The fraction of sp³-hybridized carbons (Fsp3) is 0.529. The third kappa shape index (κ3) is 1.90. The van der Waals surface area contributed by atoms with Crippen molar-refractivity contribution in [2.24, 2.45) is 5.41 Å². The van der Waals surface area contributed by atoms with Crippen LogP contribution in [0.4, 0.5) is 0 Å². The molecule has 1 aromatic carbocycles. The van der Waals surface area contributed by atoms with Gasteiger partial charge < -0.3 is 0 Å². The van der Waals surface area contributed by atoms with Crippen molar-refractivity contribution < 1.29 is 21.4 Å².